The molecule has 6 nitrogen and oxygen atoms in total. The first-order valence-electron chi connectivity index (χ1n) is 9.97. The highest BCUT2D eigenvalue weighted by atomic mass is 32.2. The molecule has 2 aromatic rings. The number of nitrogens with zero attached hydrogens (tertiary/aromatic N) is 3. The molecule has 2 aliphatic heterocycles. The Morgan fingerprint density at radius 1 is 1.17 bits per heavy atom. The van der Waals surface area contributed by atoms with Gasteiger partial charge in [-0.15, -0.1) is 23.1 Å². The zero-order valence-corrected chi connectivity index (χ0v) is 17.9. The number of ether oxygens (including phenoxy) is 1. The van der Waals surface area contributed by atoms with Crippen LogP contribution in [0.5, 0.6) is 0 Å². The first kappa shape index (κ1) is 20.4. The fourth-order valence-electron chi connectivity index (χ4n) is 3.81. The maximum Gasteiger partial charge on any atom is 0.255 e. The molecule has 1 unspecified atom stereocenters. The van der Waals surface area contributed by atoms with Crippen molar-refractivity contribution in [1.82, 2.24) is 14.8 Å². The van der Waals surface area contributed by atoms with E-state index in [-0.39, 0.29) is 17.7 Å². The molecule has 1 atom stereocenters. The lowest BCUT2D eigenvalue weighted by atomic mass is 9.95. The molecule has 3 heterocycles. The Kier molecular flexibility index (Phi) is 6.84. The minimum Gasteiger partial charge on any atom is -0.378 e. The third-order valence-electron chi connectivity index (χ3n) is 5.36. The number of carbonyl (C=O) groups is 2. The molecule has 29 heavy (non-hydrogen) atoms. The SMILES string of the molecule is O=C(c1ccccc1SCc1cscn1)N1CCCC(C(=O)N2CCOCC2)C1. The van der Waals surface area contributed by atoms with E-state index in [1.165, 1.54) is 0 Å². The quantitative estimate of drug-likeness (QED) is 0.681. The van der Waals surface area contributed by atoms with Crippen LogP contribution in [0.4, 0.5) is 0 Å². The summed E-state index contributed by atoms with van der Waals surface area (Å²) in [5.74, 6) is 0.815. The van der Waals surface area contributed by atoms with Crippen LogP contribution in [0.3, 0.4) is 0 Å². The second kappa shape index (κ2) is 9.73. The number of thioether (sulfide) groups is 1. The van der Waals surface area contributed by atoms with Crippen LogP contribution in [-0.4, -0.2) is 66.0 Å². The van der Waals surface area contributed by atoms with Gasteiger partial charge in [0.2, 0.25) is 5.91 Å². The molecule has 8 heteroatoms. The Balaban J connectivity index is 1.42. The Morgan fingerprint density at radius 2 is 2.00 bits per heavy atom. The lowest BCUT2D eigenvalue weighted by Crippen LogP contribution is -2.49. The van der Waals surface area contributed by atoms with Gasteiger partial charge in [0.1, 0.15) is 0 Å². The molecule has 2 saturated heterocycles. The number of hydrogen-bond donors (Lipinski definition) is 0. The highest BCUT2D eigenvalue weighted by molar-refractivity contribution is 7.98. The summed E-state index contributed by atoms with van der Waals surface area (Å²) in [5, 5.41) is 2.03. The lowest BCUT2D eigenvalue weighted by molar-refractivity contribution is -0.141. The minimum atomic E-state index is -0.111. The highest BCUT2D eigenvalue weighted by Crippen LogP contribution is 2.29. The van der Waals surface area contributed by atoms with Gasteiger partial charge in [0, 0.05) is 42.2 Å². The molecule has 2 fully saturated rings. The second-order valence-corrected chi connectivity index (χ2v) is 9.03. The fourth-order valence-corrected chi connectivity index (χ4v) is 5.42. The van der Waals surface area contributed by atoms with E-state index in [1.807, 2.05) is 45.0 Å². The van der Waals surface area contributed by atoms with Crippen LogP contribution < -0.4 is 0 Å². The first-order chi connectivity index (χ1) is 14.2. The van der Waals surface area contributed by atoms with Crippen LogP contribution in [0.2, 0.25) is 0 Å². The molecule has 2 amide bonds. The number of amides is 2. The Labute approximate surface area is 179 Å². The molecule has 0 N–H and O–H groups in total. The van der Waals surface area contributed by atoms with E-state index in [0.29, 0.717) is 45.0 Å². The standard InChI is InChI=1S/C21H25N3O3S2/c25-20(23-8-10-27-11-9-23)16-4-3-7-24(12-16)21(26)18-5-1-2-6-19(18)29-14-17-13-28-15-22-17/h1-2,5-6,13,15-16H,3-4,7-12,14H2. The number of likely N-dealkylation sites (tertiary alicyclic amines) is 1. The summed E-state index contributed by atoms with van der Waals surface area (Å²) in [5.41, 5.74) is 3.57. The molecule has 154 valence electrons. The molecule has 2 aliphatic rings. The topological polar surface area (TPSA) is 62.7 Å². The van der Waals surface area contributed by atoms with Gasteiger partial charge in [0.15, 0.2) is 0 Å². The van der Waals surface area contributed by atoms with Crippen molar-refractivity contribution in [1.29, 1.82) is 0 Å². The number of aromatic nitrogens is 1. The van der Waals surface area contributed by atoms with Crippen LogP contribution in [0.25, 0.3) is 0 Å². The van der Waals surface area contributed by atoms with Crippen LogP contribution in [0, 0.1) is 5.92 Å². The third-order valence-corrected chi connectivity index (χ3v) is 7.10. The number of carbonyl (C=O) groups excluding carboxylic acids is 2. The maximum absolute atomic E-state index is 13.3. The Hall–Kier alpha value is -1.90. The van der Waals surface area contributed by atoms with E-state index in [9.17, 15) is 9.59 Å². The van der Waals surface area contributed by atoms with E-state index in [1.54, 1.807) is 23.1 Å². The van der Waals surface area contributed by atoms with Crippen LogP contribution >= 0.6 is 23.1 Å². The predicted molar refractivity (Wildman–Crippen MR) is 114 cm³/mol. The predicted octanol–water partition coefficient (Wildman–Crippen LogP) is 3.15. The van der Waals surface area contributed by atoms with Gasteiger partial charge in [-0.1, -0.05) is 12.1 Å². The normalized spacial score (nSPS) is 19.9. The molecule has 1 aromatic carbocycles. The van der Waals surface area contributed by atoms with Crippen LogP contribution in [-0.2, 0) is 15.3 Å². The molecule has 4 rings (SSSR count). The average molecular weight is 432 g/mol. The summed E-state index contributed by atoms with van der Waals surface area (Å²) in [6.45, 7) is 3.71. The minimum absolute atomic E-state index is 0.0193. The first-order valence-corrected chi connectivity index (χ1v) is 11.9. The van der Waals surface area contributed by atoms with E-state index in [2.05, 4.69) is 4.98 Å². The maximum atomic E-state index is 13.3. The number of piperidine rings is 1. The lowest BCUT2D eigenvalue weighted by Gasteiger charge is -2.36. The molecular weight excluding hydrogens is 406 g/mol. The molecule has 0 spiro atoms. The van der Waals surface area contributed by atoms with Crippen molar-refractivity contribution in [2.75, 3.05) is 39.4 Å². The smallest absolute Gasteiger partial charge is 0.255 e. The largest absolute Gasteiger partial charge is 0.378 e. The van der Waals surface area contributed by atoms with Crippen LogP contribution in [0.1, 0.15) is 28.9 Å². The van der Waals surface area contributed by atoms with Gasteiger partial charge in [-0.05, 0) is 25.0 Å². The molecule has 0 aliphatic carbocycles. The van der Waals surface area contributed by atoms with Crippen molar-refractivity contribution in [3.05, 3.63) is 46.4 Å². The van der Waals surface area contributed by atoms with Gasteiger partial charge in [-0.2, -0.15) is 0 Å². The third kappa shape index (κ3) is 4.99. The zero-order chi connectivity index (χ0) is 20.1. The summed E-state index contributed by atoms with van der Waals surface area (Å²) in [6.07, 6.45) is 1.71. The van der Waals surface area contributed by atoms with Crippen molar-refractivity contribution in [2.24, 2.45) is 5.92 Å². The van der Waals surface area contributed by atoms with Gasteiger partial charge >= 0.3 is 0 Å². The number of thiazole rings is 1. The Morgan fingerprint density at radius 3 is 2.79 bits per heavy atom. The molecule has 0 radical (unpaired) electrons. The fraction of sp³-hybridized carbons (Fsp3) is 0.476. The van der Waals surface area contributed by atoms with Gasteiger partial charge in [-0.25, -0.2) is 4.98 Å². The summed E-state index contributed by atoms with van der Waals surface area (Å²) in [4.78, 5) is 35.2. The Bertz CT molecular complexity index is 837. The molecule has 1 aromatic heterocycles. The summed E-state index contributed by atoms with van der Waals surface area (Å²) >= 11 is 3.21. The van der Waals surface area contributed by atoms with Crippen molar-refractivity contribution in [2.45, 2.75) is 23.5 Å². The van der Waals surface area contributed by atoms with Gasteiger partial charge in [-0.3, -0.25) is 9.59 Å². The van der Waals surface area contributed by atoms with Crippen molar-refractivity contribution >= 4 is 34.9 Å². The highest BCUT2D eigenvalue weighted by Gasteiger charge is 2.32. The van der Waals surface area contributed by atoms with Gasteiger partial charge < -0.3 is 14.5 Å². The molecule has 0 bridgehead atoms. The van der Waals surface area contributed by atoms with E-state index in [0.717, 1.165) is 29.2 Å². The van der Waals surface area contributed by atoms with E-state index in [4.69, 9.17) is 4.74 Å². The average Bonchev–Trinajstić information content (AvgIpc) is 3.31. The van der Waals surface area contributed by atoms with Crippen molar-refractivity contribution in [3.63, 3.8) is 0 Å². The van der Waals surface area contributed by atoms with E-state index < -0.39 is 0 Å². The van der Waals surface area contributed by atoms with Crippen molar-refractivity contribution < 1.29 is 14.3 Å². The molecule has 0 saturated carbocycles. The number of benzene rings is 1. The summed E-state index contributed by atoms with van der Waals surface area (Å²) in [7, 11) is 0. The summed E-state index contributed by atoms with van der Waals surface area (Å²) < 4.78 is 5.35. The number of rotatable bonds is 5. The monoisotopic (exact) mass is 431 g/mol. The number of hydrogen-bond acceptors (Lipinski definition) is 6. The number of morpholine rings is 1. The summed E-state index contributed by atoms with van der Waals surface area (Å²) in [6, 6.07) is 7.74. The zero-order valence-electron chi connectivity index (χ0n) is 16.3. The second-order valence-electron chi connectivity index (χ2n) is 7.29. The molecular formula is C21H25N3O3S2. The van der Waals surface area contributed by atoms with E-state index >= 15 is 0 Å². The van der Waals surface area contributed by atoms with Crippen molar-refractivity contribution in [3.8, 4) is 0 Å². The van der Waals surface area contributed by atoms with Gasteiger partial charge in [0.25, 0.3) is 5.91 Å². The van der Waals surface area contributed by atoms with Gasteiger partial charge in [0.05, 0.1) is 35.9 Å². The van der Waals surface area contributed by atoms with Crippen LogP contribution in [0.15, 0.2) is 40.1 Å².